The van der Waals surface area contributed by atoms with E-state index in [4.69, 9.17) is 0 Å². The summed E-state index contributed by atoms with van der Waals surface area (Å²) in [4.78, 5) is 13.8. The molecule has 0 bridgehead atoms. The van der Waals surface area contributed by atoms with Crippen molar-refractivity contribution in [3.8, 4) is 0 Å². The number of halogens is 1. The van der Waals surface area contributed by atoms with Gasteiger partial charge in [0.1, 0.15) is 0 Å². The standard InChI is InChI=1S/C14H16BrNO2/c15-13-6-2-1-4-11(13)7-8-14(18)16-9-3-5-12(16)10-17/h1-2,4,6-8,12,17H,3,5,9-10H2/t12-/m1/s1. The Morgan fingerprint density at radius 1 is 1.50 bits per heavy atom. The third kappa shape index (κ3) is 3.00. The van der Waals surface area contributed by atoms with Crippen LogP contribution in [0.15, 0.2) is 34.8 Å². The smallest absolute Gasteiger partial charge is 0.246 e. The number of carbonyl (C=O) groups excluding carboxylic acids is 1. The molecule has 1 heterocycles. The fourth-order valence-corrected chi connectivity index (χ4v) is 2.60. The molecule has 3 nitrogen and oxygen atoms in total. The Kier molecular flexibility index (Phi) is 4.55. The van der Waals surface area contributed by atoms with Gasteiger partial charge in [-0.1, -0.05) is 34.1 Å². The van der Waals surface area contributed by atoms with Crippen molar-refractivity contribution >= 4 is 27.9 Å². The van der Waals surface area contributed by atoms with Crippen molar-refractivity contribution < 1.29 is 9.90 Å². The van der Waals surface area contributed by atoms with Crippen LogP contribution < -0.4 is 0 Å². The van der Waals surface area contributed by atoms with Gasteiger partial charge in [-0.15, -0.1) is 0 Å². The van der Waals surface area contributed by atoms with Crippen molar-refractivity contribution in [2.24, 2.45) is 0 Å². The van der Waals surface area contributed by atoms with E-state index in [1.165, 1.54) is 0 Å². The maximum Gasteiger partial charge on any atom is 0.246 e. The minimum Gasteiger partial charge on any atom is -0.394 e. The van der Waals surface area contributed by atoms with Gasteiger partial charge in [-0.2, -0.15) is 0 Å². The lowest BCUT2D eigenvalue weighted by atomic mass is 10.2. The van der Waals surface area contributed by atoms with Crippen molar-refractivity contribution in [3.63, 3.8) is 0 Å². The molecule has 4 heteroatoms. The summed E-state index contributed by atoms with van der Waals surface area (Å²) in [5, 5.41) is 9.19. The van der Waals surface area contributed by atoms with E-state index in [1.807, 2.05) is 24.3 Å². The number of carbonyl (C=O) groups is 1. The lowest BCUT2D eigenvalue weighted by molar-refractivity contribution is -0.127. The second-order valence-corrected chi connectivity index (χ2v) is 5.22. The van der Waals surface area contributed by atoms with Crippen molar-refractivity contribution in [1.29, 1.82) is 0 Å². The summed E-state index contributed by atoms with van der Waals surface area (Å²) in [6, 6.07) is 7.74. The highest BCUT2D eigenvalue weighted by Gasteiger charge is 2.26. The van der Waals surface area contributed by atoms with E-state index < -0.39 is 0 Å². The minimum absolute atomic E-state index is 0.0126. The SMILES string of the molecule is O=C(C=Cc1ccccc1Br)N1CCC[C@@H]1CO. The lowest BCUT2D eigenvalue weighted by Crippen LogP contribution is -2.36. The normalized spacial score (nSPS) is 19.7. The maximum atomic E-state index is 12.0. The van der Waals surface area contributed by atoms with Crippen LogP contribution in [-0.2, 0) is 4.79 Å². The number of hydrogen-bond donors (Lipinski definition) is 1. The molecule has 1 aromatic rings. The molecule has 0 aliphatic carbocycles. The number of aliphatic hydroxyl groups is 1. The van der Waals surface area contributed by atoms with Crippen LogP contribution in [0.5, 0.6) is 0 Å². The summed E-state index contributed by atoms with van der Waals surface area (Å²) in [6.45, 7) is 0.791. The van der Waals surface area contributed by atoms with Crippen LogP contribution in [0.3, 0.4) is 0 Å². The first-order chi connectivity index (χ1) is 8.72. The Morgan fingerprint density at radius 3 is 3.00 bits per heavy atom. The molecule has 0 radical (unpaired) electrons. The second-order valence-electron chi connectivity index (χ2n) is 4.37. The zero-order valence-electron chi connectivity index (χ0n) is 10.1. The molecular formula is C14H16BrNO2. The zero-order valence-corrected chi connectivity index (χ0v) is 11.6. The molecule has 1 N–H and O–H groups in total. The first-order valence-electron chi connectivity index (χ1n) is 6.06. The van der Waals surface area contributed by atoms with Crippen LogP contribution in [0.2, 0.25) is 0 Å². The molecule has 18 heavy (non-hydrogen) atoms. The molecule has 1 aliphatic rings. The third-order valence-corrected chi connectivity index (χ3v) is 3.90. The van der Waals surface area contributed by atoms with Gasteiger partial charge in [-0.25, -0.2) is 0 Å². The Hall–Kier alpha value is -1.13. The number of rotatable bonds is 3. The summed E-state index contributed by atoms with van der Waals surface area (Å²) in [5.41, 5.74) is 0.977. The second kappa shape index (κ2) is 6.16. The first-order valence-corrected chi connectivity index (χ1v) is 6.85. The van der Waals surface area contributed by atoms with E-state index in [2.05, 4.69) is 15.9 Å². The summed E-state index contributed by atoms with van der Waals surface area (Å²) in [6.07, 6.45) is 5.25. The number of amides is 1. The number of aliphatic hydroxyl groups excluding tert-OH is 1. The van der Waals surface area contributed by atoms with Gasteiger partial charge in [-0.05, 0) is 30.5 Å². The van der Waals surface area contributed by atoms with Gasteiger partial charge >= 0.3 is 0 Å². The van der Waals surface area contributed by atoms with Gasteiger partial charge in [0.25, 0.3) is 0 Å². The van der Waals surface area contributed by atoms with E-state index in [9.17, 15) is 9.90 Å². The summed E-state index contributed by atoms with van der Waals surface area (Å²) in [5.74, 6) is -0.0256. The highest BCUT2D eigenvalue weighted by molar-refractivity contribution is 9.10. The van der Waals surface area contributed by atoms with Gasteiger partial charge in [0.2, 0.25) is 5.91 Å². The fourth-order valence-electron chi connectivity index (χ4n) is 2.18. The van der Waals surface area contributed by atoms with E-state index in [0.717, 1.165) is 29.4 Å². The molecule has 1 atom stereocenters. The first kappa shape index (κ1) is 13.3. The number of nitrogens with zero attached hydrogens (tertiary/aromatic N) is 1. The average molecular weight is 310 g/mol. The quantitative estimate of drug-likeness (QED) is 0.871. The van der Waals surface area contributed by atoms with Gasteiger partial charge in [0.05, 0.1) is 12.6 Å². The molecule has 1 saturated heterocycles. The van der Waals surface area contributed by atoms with Crippen molar-refractivity contribution in [2.75, 3.05) is 13.2 Å². The largest absolute Gasteiger partial charge is 0.394 e. The van der Waals surface area contributed by atoms with Crippen LogP contribution in [-0.4, -0.2) is 35.1 Å². The highest BCUT2D eigenvalue weighted by atomic mass is 79.9. The van der Waals surface area contributed by atoms with Crippen LogP contribution in [0.1, 0.15) is 18.4 Å². The molecule has 0 spiro atoms. The van der Waals surface area contributed by atoms with E-state index in [0.29, 0.717) is 0 Å². The Labute approximate surface area is 115 Å². The van der Waals surface area contributed by atoms with Crippen LogP contribution in [0.25, 0.3) is 6.08 Å². The molecule has 0 aromatic heterocycles. The molecule has 1 fully saturated rings. The number of benzene rings is 1. The highest BCUT2D eigenvalue weighted by Crippen LogP contribution is 2.19. The molecule has 1 aliphatic heterocycles. The fraction of sp³-hybridized carbons (Fsp3) is 0.357. The number of likely N-dealkylation sites (tertiary alicyclic amines) is 1. The van der Waals surface area contributed by atoms with Crippen LogP contribution in [0, 0.1) is 0 Å². The van der Waals surface area contributed by atoms with E-state index in [-0.39, 0.29) is 18.6 Å². The lowest BCUT2D eigenvalue weighted by Gasteiger charge is -2.21. The molecule has 1 aromatic carbocycles. The van der Waals surface area contributed by atoms with E-state index in [1.54, 1.807) is 17.1 Å². The van der Waals surface area contributed by atoms with Crippen molar-refractivity contribution in [2.45, 2.75) is 18.9 Å². The molecular weight excluding hydrogens is 294 g/mol. The molecule has 96 valence electrons. The minimum atomic E-state index is -0.0256. The maximum absolute atomic E-state index is 12.0. The molecule has 0 unspecified atom stereocenters. The Morgan fingerprint density at radius 2 is 2.28 bits per heavy atom. The molecule has 0 saturated carbocycles. The third-order valence-electron chi connectivity index (χ3n) is 3.18. The van der Waals surface area contributed by atoms with Gasteiger partial charge in [-0.3, -0.25) is 4.79 Å². The monoisotopic (exact) mass is 309 g/mol. The molecule has 2 rings (SSSR count). The summed E-state index contributed by atoms with van der Waals surface area (Å²) in [7, 11) is 0. The van der Waals surface area contributed by atoms with Gasteiger partial charge in [0, 0.05) is 17.1 Å². The predicted octanol–water partition coefficient (Wildman–Crippen LogP) is 2.45. The predicted molar refractivity (Wildman–Crippen MR) is 75.0 cm³/mol. The van der Waals surface area contributed by atoms with Crippen LogP contribution in [0.4, 0.5) is 0 Å². The van der Waals surface area contributed by atoms with E-state index >= 15 is 0 Å². The van der Waals surface area contributed by atoms with Gasteiger partial charge < -0.3 is 10.0 Å². The Balaban J connectivity index is 2.05. The zero-order chi connectivity index (χ0) is 13.0. The average Bonchev–Trinajstić information content (AvgIpc) is 2.86. The Bertz CT molecular complexity index is 459. The van der Waals surface area contributed by atoms with Crippen molar-refractivity contribution in [3.05, 3.63) is 40.4 Å². The van der Waals surface area contributed by atoms with Gasteiger partial charge in [0.15, 0.2) is 0 Å². The topological polar surface area (TPSA) is 40.5 Å². The number of hydrogen-bond acceptors (Lipinski definition) is 2. The summed E-state index contributed by atoms with van der Waals surface area (Å²) >= 11 is 3.44. The van der Waals surface area contributed by atoms with Crippen molar-refractivity contribution in [1.82, 2.24) is 4.90 Å². The molecule has 1 amide bonds. The summed E-state index contributed by atoms with van der Waals surface area (Å²) < 4.78 is 0.967. The van der Waals surface area contributed by atoms with Crippen LogP contribution >= 0.6 is 15.9 Å².